The maximum Gasteiger partial charge on any atom is 0.260 e. The van der Waals surface area contributed by atoms with Gasteiger partial charge in [0.25, 0.3) is 23.6 Å². The van der Waals surface area contributed by atoms with Crippen LogP contribution in [-0.2, 0) is 9.59 Å². The number of carbonyl (C=O) groups is 4. The summed E-state index contributed by atoms with van der Waals surface area (Å²) in [5, 5.41) is 2.28. The van der Waals surface area contributed by atoms with E-state index in [-0.39, 0.29) is 35.5 Å². The van der Waals surface area contributed by atoms with Gasteiger partial charge < -0.3 is 0 Å². The molecule has 112 valence electrons. The molecule has 0 bridgehead atoms. The quantitative estimate of drug-likeness (QED) is 0.712. The van der Waals surface area contributed by atoms with Crippen molar-refractivity contribution in [3.63, 3.8) is 0 Å². The SMILES string of the molecule is CN1C(=O)C2=CC3c4cc5c(cc4[C@@H]3C=C2C1=O)C(=O)NC5=O. The van der Waals surface area contributed by atoms with Crippen molar-refractivity contribution in [1.29, 1.82) is 0 Å². The van der Waals surface area contributed by atoms with Crippen molar-refractivity contribution >= 4 is 23.6 Å². The van der Waals surface area contributed by atoms with Gasteiger partial charge in [0.15, 0.2) is 0 Å². The average molecular weight is 306 g/mol. The number of amides is 4. The normalized spacial score (nSPS) is 26.7. The highest BCUT2D eigenvalue weighted by Gasteiger charge is 2.46. The molecule has 1 fully saturated rings. The number of likely N-dealkylation sites (tertiary alicyclic amines) is 1. The van der Waals surface area contributed by atoms with Crippen LogP contribution in [-0.4, -0.2) is 35.6 Å². The van der Waals surface area contributed by atoms with E-state index in [0.717, 1.165) is 16.0 Å². The fourth-order valence-electron chi connectivity index (χ4n) is 3.87. The van der Waals surface area contributed by atoms with Crippen LogP contribution in [0.1, 0.15) is 43.7 Å². The van der Waals surface area contributed by atoms with Crippen LogP contribution in [0.5, 0.6) is 0 Å². The van der Waals surface area contributed by atoms with Crippen LogP contribution in [0, 0.1) is 0 Å². The second-order valence-electron chi connectivity index (χ2n) is 6.19. The van der Waals surface area contributed by atoms with Crippen molar-refractivity contribution in [1.82, 2.24) is 10.2 Å². The Kier molecular flexibility index (Phi) is 1.99. The minimum absolute atomic E-state index is 0.0270. The first-order chi connectivity index (χ1) is 11.0. The summed E-state index contributed by atoms with van der Waals surface area (Å²) in [6, 6.07) is 3.46. The first-order valence-electron chi connectivity index (χ1n) is 7.27. The predicted molar refractivity (Wildman–Crippen MR) is 77.7 cm³/mol. The highest BCUT2D eigenvalue weighted by atomic mass is 16.2. The van der Waals surface area contributed by atoms with Gasteiger partial charge in [-0.2, -0.15) is 0 Å². The summed E-state index contributed by atoms with van der Waals surface area (Å²) < 4.78 is 0. The zero-order valence-corrected chi connectivity index (χ0v) is 12.0. The molecule has 1 aromatic carbocycles. The third-order valence-electron chi connectivity index (χ3n) is 5.10. The first-order valence-corrected chi connectivity index (χ1v) is 7.27. The number of allylic oxidation sites excluding steroid dienone is 2. The van der Waals surface area contributed by atoms with E-state index in [1.54, 1.807) is 12.1 Å². The van der Waals surface area contributed by atoms with Crippen molar-refractivity contribution in [2.45, 2.75) is 11.8 Å². The molecule has 4 amide bonds. The molecule has 2 aliphatic heterocycles. The number of fused-ring (bicyclic) bond motifs is 6. The first kappa shape index (κ1) is 12.5. The van der Waals surface area contributed by atoms with E-state index in [1.165, 1.54) is 7.05 Å². The molecule has 4 aliphatic rings. The molecule has 6 nitrogen and oxygen atoms in total. The average Bonchev–Trinajstić information content (AvgIpc) is 2.93. The maximum atomic E-state index is 12.1. The van der Waals surface area contributed by atoms with Crippen molar-refractivity contribution in [3.8, 4) is 0 Å². The number of benzene rings is 1. The zero-order valence-electron chi connectivity index (χ0n) is 12.0. The molecule has 2 atom stereocenters. The Bertz CT molecular complexity index is 879. The van der Waals surface area contributed by atoms with Crippen molar-refractivity contribution in [2.24, 2.45) is 0 Å². The zero-order chi connectivity index (χ0) is 16.0. The van der Waals surface area contributed by atoms with E-state index < -0.39 is 0 Å². The van der Waals surface area contributed by atoms with Crippen LogP contribution in [0.4, 0.5) is 0 Å². The van der Waals surface area contributed by atoms with Gasteiger partial charge in [-0.15, -0.1) is 0 Å². The van der Waals surface area contributed by atoms with E-state index in [9.17, 15) is 19.2 Å². The monoisotopic (exact) mass is 306 g/mol. The van der Waals surface area contributed by atoms with Crippen LogP contribution in [0.2, 0.25) is 0 Å². The number of carbonyl (C=O) groups excluding carboxylic acids is 4. The number of nitrogens with one attached hydrogen (secondary N) is 1. The van der Waals surface area contributed by atoms with Crippen molar-refractivity contribution < 1.29 is 19.2 Å². The van der Waals surface area contributed by atoms with E-state index in [1.807, 2.05) is 12.2 Å². The van der Waals surface area contributed by atoms with Gasteiger partial charge in [-0.05, 0) is 23.3 Å². The lowest BCUT2D eigenvalue weighted by atomic mass is 9.63. The second-order valence-corrected chi connectivity index (χ2v) is 6.19. The Balaban J connectivity index is 1.68. The Labute approximate surface area is 130 Å². The summed E-state index contributed by atoms with van der Waals surface area (Å²) in [5.41, 5.74) is 3.51. The summed E-state index contributed by atoms with van der Waals surface area (Å²) in [5.74, 6) is -1.41. The van der Waals surface area contributed by atoms with Gasteiger partial charge in [0.05, 0.1) is 11.1 Å². The third-order valence-corrected chi connectivity index (χ3v) is 5.10. The highest BCUT2D eigenvalue weighted by Crippen LogP contribution is 2.54. The topological polar surface area (TPSA) is 83.6 Å². The molecule has 0 spiro atoms. The molecule has 23 heavy (non-hydrogen) atoms. The largest absolute Gasteiger partial charge is 0.288 e. The molecule has 6 heteroatoms. The fourth-order valence-corrected chi connectivity index (χ4v) is 3.87. The minimum atomic E-state index is -0.386. The third kappa shape index (κ3) is 1.30. The highest BCUT2D eigenvalue weighted by molar-refractivity contribution is 6.25. The van der Waals surface area contributed by atoms with Crippen molar-refractivity contribution in [2.75, 3.05) is 7.05 Å². The van der Waals surface area contributed by atoms with Crippen LogP contribution in [0.15, 0.2) is 35.4 Å². The molecule has 0 aromatic heterocycles. The molecule has 2 heterocycles. The smallest absolute Gasteiger partial charge is 0.260 e. The lowest BCUT2D eigenvalue weighted by Crippen LogP contribution is -2.26. The van der Waals surface area contributed by atoms with Crippen LogP contribution < -0.4 is 5.32 Å². The van der Waals surface area contributed by atoms with E-state index in [2.05, 4.69) is 5.32 Å². The van der Waals surface area contributed by atoms with Gasteiger partial charge in [-0.3, -0.25) is 29.4 Å². The Hall–Kier alpha value is -3.02. The molecule has 0 saturated carbocycles. The Morgan fingerprint density at radius 3 is 1.70 bits per heavy atom. The lowest BCUT2D eigenvalue weighted by Gasteiger charge is -2.39. The minimum Gasteiger partial charge on any atom is -0.288 e. The predicted octanol–water partition coefficient (Wildman–Crippen LogP) is 0.616. The Morgan fingerprint density at radius 2 is 1.26 bits per heavy atom. The molecule has 2 aliphatic carbocycles. The van der Waals surface area contributed by atoms with E-state index >= 15 is 0 Å². The summed E-state index contributed by atoms with van der Waals surface area (Å²) in [4.78, 5) is 48.9. The molecule has 1 N–H and O–H groups in total. The van der Waals surface area contributed by atoms with E-state index in [0.29, 0.717) is 22.3 Å². The Morgan fingerprint density at radius 1 is 0.826 bits per heavy atom. The standard InChI is InChI=1S/C17H10N2O4/c1-19-16(22)12-4-8-6-2-10-11(15(21)18-14(10)20)3-7(6)9(8)5-13(12)17(19)23/h2-5,8-9H,1H3,(H,18,20,21)/t8-,9?/m0/s1. The van der Waals surface area contributed by atoms with Gasteiger partial charge >= 0.3 is 0 Å². The number of hydrogen-bond acceptors (Lipinski definition) is 4. The molecular formula is C17H10N2O4. The number of imide groups is 2. The lowest BCUT2D eigenvalue weighted by molar-refractivity contribution is -0.134. The van der Waals surface area contributed by atoms with Crippen molar-refractivity contribution in [3.05, 3.63) is 57.7 Å². The van der Waals surface area contributed by atoms with Gasteiger partial charge in [0, 0.05) is 30.0 Å². The number of rotatable bonds is 0. The number of hydrogen-bond donors (Lipinski definition) is 1. The molecular weight excluding hydrogens is 296 g/mol. The molecule has 1 saturated heterocycles. The fraction of sp³-hybridized carbons (Fsp3) is 0.176. The summed E-state index contributed by atoms with van der Waals surface area (Å²) >= 11 is 0. The molecule has 1 unspecified atom stereocenters. The summed E-state index contributed by atoms with van der Waals surface area (Å²) in [6.07, 6.45) is 3.63. The van der Waals surface area contributed by atoms with Gasteiger partial charge in [0.2, 0.25) is 0 Å². The van der Waals surface area contributed by atoms with Crippen LogP contribution in [0.25, 0.3) is 0 Å². The molecule has 1 aromatic rings. The van der Waals surface area contributed by atoms with E-state index in [4.69, 9.17) is 0 Å². The number of likely N-dealkylation sites (N-methyl/N-ethyl adjacent to an activating group) is 1. The summed E-state index contributed by atoms with van der Waals surface area (Å²) in [6.45, 7) is 0. The maximum absolute atomic E-state index is 12.1. The molecule has 0 radical (unpaired) electrons. The number of nitrogens with zero attached hydrogens (tertiary/aromatic N) is 1. The van der Waals surface area contributed by atoms with Gasteiger partial charge in [-0.25, -0.2) is 0 Å². The molecule has 5 rings (SSSR count). The second kappa shape index (κ2) is 3.65. The van der Waals surface area contributed by atoms with Gasteiger partial charge in [0.1, 0.15) is 0 Å². The van der Waals surface area contributed by atoms with Crippen LogP contribution in [0.3, 0.4) is 0 Å². The van der Waals surface area contributed by atoms with Gasteiger partial charge in [-0.1, -0.05) is 12.2 Å². The summed E-state index contributed by atoms with van der Waals surface area (Å²) in [7, 11) is 1.47. The van der Waals surface area contributed by atoms with Crippen LogP contribution >= 0.6 is 0 Å².